The van der Waals surface area contributed by atoms with E-state index in [1.54, 1.807) is 13.8 Å². The Bertz CT molecular complexity index is 303. The van der Waals surface area contributed by atoms with Crippen molar-refractivity contribution in [3.63, 3.8) is 0 Å². The highest BCUT2D eigenvalue weighted by atomic mass is 16.5. The van der Waals surface area contributed by atoms with Gasteiger partial charge in [0.15, 0.2) is 0 Å². The van der Waals surface area contributed by atoms with Gasteiger partial charge in [-0.05, 0) is 25.8 Å². The summed E-state index contributed by atoms with van der Waals surface area (Å²) < 4.78 is 9.65. The highest BCUT2D eigenvalue weighted by Gasteiger charge is 1.98. The van der Waals surface area contributed by atoms with Crippen LogP contribution >= 0.6 is 0 Å². The third kappa shape index (κ3) is 9.35. The molecule has 0 spiro atoms. The Morgan fingerprint density at radius 2 is 1.76 bits per heavy atom. The molecule has 0 aliphatic heterocycles. The summed E-state index contributed by atoms with van der Waals surface area (Å²) in [6.45, 7) is 6.25. The van der Waals surface area contributed by atoms with Gasteiger partial charge in [-0.3, -0.25) is 0 Å². The van der Waals surface area contributed by atoms with Gasteiger partial charge in [-0.1, -0.05) is 19.4 Å². The van der Waals surface area contributed by atoms with E-state index in [0.29, 0.717) is 18.8 Å². The monoisotopic (exact) mass is 240 g/mol. The molecule has 0 bridgehead atoms. The van der Waals surface area contributed by atoms with E-state index in [9.17, 15) is 9.59 Å². The van der Waals surface area contributed by atoms with Crippen LogP contribution in [0.4, 0.5) is 0 Å². The van der Waals surface area contributed by atoms with Crippen molar-refractivity contribution < 1.29 is 19.1 Å². The van der Waals surface area contributed by atoms with Crippen molar-refractivity contribution in [2.24, 2.45) is 0 Å². The van der Waals surface area contributed by atoms with Gasteiger partial charge >= 0.3 is 11.9 Å². The highest BCUT2D eigenvalue weighted by Crippen LogP contribution is 1.97. The van der Waals surface area contributed by atoms with E-state index >= 15 is 0 Å². The van der Waals surface area contributed by atoms with Gasteiger partial charge in [0, 0.05) is 12.2 Å². The fraction of sp³-hybridized carbons (Fsp3) is 0.538. The molecule has 0 unspecified atom stereocenters. The average Bonchev–Trinajstić information content (AvgIpc) is 2.27. The molecule has 0 N–H and O–H groups in total. The van der Waals surface area contributed by atoms with E-state index in [0.717, 1.165) is 12.8 Å². The van der Waals surface area contributed by atoms with Gasteiger partial charge in [-0.2, -0.15) is 0 Å². The quantitative estimate of drug-likeness (QED) is 0.297. The standard InChI is InChI=1S/C13H20O4/c1-4-6-9-17-12(14)8-7-11(3)10-13(15)16-5-2/h7-8,10H,4-6,9H2,1-3H3/b8-7+,11-10+. The van der Waals surface area contributed by atoms with E-state index in [1.165, 1.54) is 18.2 Å². The van der Waals surface area contributed by atoms with Crippen molar-refractivity contribution in [1.29, 1.82) is 0 Å². The Kier molecular flexibility index (Phi) is 8.74. The number of rotatable bonds is 7. The largest absolute Gasteiger partial charge is 0.463 e. The molecule has 0 rings (SSSR count). The molecule has 0 radical (unpaired) electrons. The van der Waals surface area contributed by atoms with Crippen LogP contribution in [0.1, 0.15) is 33.6 Å². The molecule has 0 aliphatic rings. The van der Waals surface area contributed by atoms with Crippen LogP contribution in [0.25, 0.3) is 0 Å². The summed E-state index contributed by atoms with van der Waals surface area (Å²) in [6, 6.07) is 0. The summed E-state index contributed by atoms with van der Waals surface area (Å²) in [7, 11) is 0. The summed E-state index contributed by atoms with van der Waals surface area (Å²) in [5, 5.41) is 0. The Labute approximate surface area is 102 Å². The Hall–Kier alpha value is -1.58. The van der Waals surface area contributed by atoms with E-state index in [4.69, 9.17) is 9.47 Å². The van der Waals surface area contributed by atoms with Crippen LogP contribution in [0.3, 0.4) is 0 Å². The zero-order chi connectivity index (χ0) is 13.1. The maximum absolute atomic E-state index is 11.2. The normalized spacial score (nSPS) is 11.6. The van der Waals surface area contributed by atoms with Crippen LogP contribution in [0.5, 0.6) is 0 Å². The molecule has 17 heavy (non-hydrogen) atoms. The molecule has 0 aromatic heterocycles. The lowest BCUT2D eigenvalue weighted by molar-refractivity contribution is -0.138. The molecule has 0 aromatic carbocycles. The maximum atomic E-state index is 11.2. The lowest BCUT2D eigenvalue weighted by Crippen LogP contribution is -2.02. The van der Waals surface area contributed by atoms with Gasteiger partial charge in [-0.25, -0.2) is 9.59 Å². The second-order valence-electron chi connectivity index (χ2n) is 3.49. The fourth-order valence-corrected chi connectivity index (χ4v) is 0.983. The molecule has 4 heteroatoms. The number of hydrogen-bond donors (Lipinski definition) is 0. The fourth-order valence-electron chi connectivity index (χ4n) is 0.983. The van der Waals surface area contributed by atoms with Crippen LogP contribution in [0.2, 0.25) is 0 Å². The minimum atomic E-state index is -0.408. The van der Waals surface area contributed by atoms with Crippen LogP contribution < -0.4 is 0 Å². The number of esters is 2. The van der Waals surface area contributed by atoms with Crippen molar-refractivity contribution in [3.8, 4) is 0 Å². The minimum absolute atomic E-state index is 0.339. The summed E-state index contributed by atoms with van der Waals surface area (Å²) in [5.41, 5.74) is 0.649. The topological polar surface area (TPSA) is 52.6 Å². The third-order valence-electron chi connectivity index (χ3n) is 1.86. The van der Waals surface area contributed by atoms with Gasteiger partial charge in [0.2, 0.25) is 0 Å². The van der Waals surface area contributed by atoms with Crippen LogP contribution in [-0.4, -0.2) is 25.2 Å². The predicted molar refractivity (Wildman–Crippen MR) is 65.4 cm³/mol. The minimum Gasteiger partial charge on any atom is -0.463 e. The van der Waals surface area contributed by atoms with Gasteiger partial charge in [-0.15, -0.1) is 0 Å². The molecule has 0 saturated heterocycles. The predicted octanol–water partition coefficient (Wildman–Crippen LogP) is 2.40. The third-order valence-corrected chi connectivity index (χ3v) is 1.86. The Morgan fingerprint density at radius 3 is 2.35 bits per heavy atom. The molecule has 0 heterocycles. The summed E-state index contributed by atoms with van der Waals surface area (Å²) >= 11 is 0. The summed E-state index contributed by atoms with van der Waals surface area (Å²) in [5.74, 6) is -0.802. The molecule has 4 nitrogen and oxygen atoms in total. The highest BCUT2D eigenvalue weighted by molar-refractivity contribution is 5.85. The van der Waals surface area contributed by atoms with Crippen molar-refractivity contribution in [3.05, 3.63) is 23.8 Å². The number of carbonyl (C=O) groups is 2. The van der Waals surface area contributed by atoms with E-state index in [2.05, 4.69) is 0 Å². The number of ether oxygens (including phenoxy) is 2. The molecule has 0 aliphatic carbocycles. The first-order valence-electron chi connectivity index (χ1n) is 5.80. The van der Waals surface area contributed by atoms with Gasteiger partial charge in [0.05, 0.1) is 13.2 Å². The maximum Gasteiger partial charge on any atom is 0.330 e. The lowest BCUT2D eigenvalue weighted by Gasteiger charge is -1.99. The summed E-state index contributed by atoms with van der Waals surface area (Å²) in [4.78, 5) is 22.2. The van der Waals surface area contributed by atoms with Crippen LogP contribution in [0, 0.1) is 0 Å². The van der Waals surface area contributed by atoms with Crippen molar-refractivity contribution in [1.82, 2.24) is 0 Å². The smallest absolute Gasteiger partial charge is 0.330 e. The first kappa shape index (κ1) is 15.4. The number of unbranched alkanes of at least 4 members (excludes halogenated alkanes) is 1. The number of allylic oxidation sites excluding steroid dienone is 2. The molecular formula is C13H20O4. The first-order valence-corrected chi connectivity index (χ1v) is 5.80. The van der Waals surface area contributed by atoms with Crippen LogP contribution in [0.15, 0.2) is 23.8 Å². The van der Waals surface area contributed by atoms with Gasteiger partial charge < -0.3 is 9.47 Å². The zero-order valence-electron chi connectivity index (χ0n) is 10.7. The first-order chi connectivity index (χ1) is 8.10. The molecule has 0 aromatic rings. The van der Waals surface area contributed by atoms with E-state index in [-0.39, 0.29) is 0 Å². The van der Waals surface area contributed by atoms with Crippen molar-refractivity contribution in [2.75, 3.05) is 13.2 Å². The number of carbonyl (C=O) groups excluding carboxylic acids is 2. The molecular weight excluding hydrogens is 220 g/mol. The molecule has 0 atom stereocenters. The molecule has 96 valence electrons. The van der Waals surface area contributed by atoms with Crippen molar-refractivity contribution in [2.45, 2.75) is 33.6 Å². The molecule has 0 fully saturated rings. The Morgan fingerprint density at radius 1 is 1.06 bits per heavy atom. The molecule has 0 saturated carbocycles. The van der Waals surface area contributed by atoms with Gasteiger partial charge in [0.1, 0.15) is 0 Å². The van der Waals surface area contributed by atoms with E-state index < -0.39 is 11.9 Å². The lowest BCUT2D eigenvalue weighted by atomic mass is 10.2. The van der Waals surface area contributed by atoms with E-state index in [1.807, 2.05) is 6.92 Å². The number of hydrogen-bond acceptors (Lipinski definition) is 4. The summed E-state index contributed by atoms with van der Waals surface area (Å²) in [6.07, 6.45) is 6.02. The average molecular weight is 240 g/mol. The zero-order valence-corrected chi connectivity index (χ0v) is 10.7. The van der Waals surface area contributed by atoms with Gasteiger partial charge in [0.25, 0.3) is 0 Å². The molecule has 0 amide bonds. The second kappa shape index (κ2) is 9.63. The van der Waals surface area contributed by atoms with Crippen molar-refractivity contribution >= 4 is 11.9 Å². The second-order valence-corrected chi connectivity index (χ2v) is 3.49. The SMILES string of the molecule is CCCCOC(=O)/C=C/C(C)=C/C(=O)OCC. The Balaban J connectivity index is 4.04. The van der Waals surface area contributed by atoms with Crippen LogP contribution in [-0.2, 0) is 19.1 Å².